The molecule has 1 N–H and O–H groups in total. The maximum Gasteiger partial charge on any atom is 0.294 e. The highest BCUT2D eigenvalue weighted by Gasteiger charge is 2.15. The highest BCUT2D eigenvalue weighted by atomic mass is 32.1. The lowest BCUT2D eigenvalue weighted by Crippen LogP contribution is -2.15. The molecular formula is C12H21N3OS. The molecule has 0 radical (unpaired) electrons. The van der Waals surface area contributed by atoms with Crippen molar-refractivity contribution in [3.8, 4) is 5.19 Å². The van der Waals surface area contributed by atoms with Crippen molar-refractivity contribution >= 4 is 11.3 Å². The number of nitrogens with one attached hydrogen (secondary N) is 1. The third kappa shape index (κ3) is 4.24. The molecule has 1 heterocycles. The van der Waals surface area contributed by atoms with Crippen LogP contribution in [0.5, 0.6) is 5.19 Å². The normalized spacial score (nSPS) is 17.2. The largest absolute Gasteiger partial charge is 0.469 e. The van der Waals surface area contributed by atoms with Crippen LogP contribution in [-0.2, 0) is 6.54 Å². The number of hydrogen-bond acceptors (Lipinski definition) is 5. The zero-order valence-electron chi connectivity index (χ0n) is 10.4. The Morgan fingerprint density at radius 2 is 2.12 bits per heavy atom. The van der Waals surface area contributed by atoms with E-state index >= 15 is 0 Å². The Kier molecular flexibility index (Phi) is 5.19. The van der Waals surface area contributed by atoms with Gasteiger partial charge in [0.15, 0.2) is 0 Å². The summed E-state index contributed by atoms with van der Waals surface area (Å²) in [5.41, 5.74) is 0. The third-order valence-electron chi connectivity index (χ3n) is 3.14. The zero-order valence-corrected chi connectivity index (χ0v) is 11.3. The van der Waals surface area contributed by atoms with Gasteiger partial charge >= 0.3 is 0 Å². The first-order chi connectivity index (χ1) is 8.38. The van der Waals surface area contributed by atoms with Crippen molar-refractivity contribution in [3.63, 3.8) is 0 Å². The van der Waals surface area contributed by atoms with Crippen molar-refractivity contribution < 1.29 is 4.74 Å². The van der Waals surface area contributed by atoms with Crippen LogP contribution in [0.1, 0.15) is 44.0 Å². The smallest absolute Gasteiger partial charge is 0.294 e. The van der Waals surface area contributed by atoms with Crippen LogP contribution in [0.2, 0.25) is 0 Å². The molecule has 96 valence electrons. The lowest BCUT2D eigenvalue weighted by atomic mass is 9.90. The number of hydrogen-bond donors (Lipinski definition) is 1. The molecule has 0 bridgehead atoms. The first-order valence-electron chi connectivity index (χ1n) is 6.54. The van der Waals surface area contributed by atoms with Gasteiger partial charge in [-0.3, -0.25) is 0 Å². The highest BCUT2D eigenvalue weighted by Crippen LogP contribution is 2.25. The summed E-state index contributed by atoms with van der Waals surface area (Å²) in [7, 11) is 0. The lowest BCUT2D eigenvalue weighted by Gasteiger charge is -2.20. The molecule has 0 amide bonds. The van der Waals surface area contributed by atoms with Crippen LogP contribution in [0.3, 0.4) is 0 Å². The second kappa shape index (κ2) is 6.91. The second-order valence-corrected chi connectivity index (χ2v) is 5.58. The molecule has 1 aliphatic rings. The van der Waals surface area contributed by atoms with E-state index in [9.17, 15) is 0 Å². The molecule has 0 aliphatic heterocycles. The highest BCUT2D eigenvalue weighted by molar-refractivity contribution is 7.13. The summed E-state index contributed by atoms with van der Waals surface area (Å²) < 4.78 is 5.72. The Labute approximate surface area is 107 Å². The van der Waals surface area contributed by atoms with Gasteiger partial charge in [0.05, 0.1) is 6.61 Å². The topological polar surface area (TPSA) is 47.0 Å². The van der Waals surface area contributed by atoms with E-state index in [1.807, 2.05) is 0 Å². The first-order valence-corrected chi connectivity index (χ1v) is 7.36. The summed E-state index contributed by atoms with van der Waals surface area (Å²) in [4.78, 5) is 0. The fraction of sp³-hybridized carbons (Fsp3) is 0.833. The molecule has 1 aromatic rings. The average molecular weight is 255 g/mol. The Bertz CT molecular complexity index is 323. The van der Waals surface area contributed by atoms with Gasteiger partial charge in [-0.05, 0) is 25.3 Å². The average Bonchev–Trinajstić information content (AvgIpc) is 2.83. The van der Waals surface area contributed by atoms with E-state index in [1.165, 1.54) is 32.1 Å². The SMILES string of the molecule is CCNCc1nnc(OCC2CCCCC2)s1. The fourth-order valence-corrected chi connectivity index (χ4v) is 2.81. The van der Waals surface area contributed by atoms with E-state index in [0.717, 1.165) is 35.8 Å². The Morgan fingerprint density at radius 3 is 2.88 bits per heavy atom. The predicted octanol–water partition coefficient (Wildman–Crippen LogP) is 2.61. The van der Waals surface area contributed by atoms with Gasteiger partial charge in [0.2, 0.25) is 0 Å². The van der Waals surface area contributed by atoms with Crippen molar-refractivity contribution in [2.24, 2.45) is 5.92 Å². The molecule has 1 aromatic heterocycles. The molecule has 4 nitrogen and oxygen atoms in total. The molecule has 0 spiro atoms. The summed E-state index contributed by atoms with van der Waals surface area (Å²) in [5.74, 6) is 0.727. The molecule has 0 aromatic carbocycles. The van der Waals surface area contributed by atoms with Gasteiger partial charge < -0.3 is 10.1 Å². The van der Waals surface area contributed by atoms with Gasteiger partial charge in [-0.15, -0.1) is 10.2 Å². The van der Waals surface area contributed by atoms with Crippen molar-refractivity contribution in [2.75, 3.05) is 13.2 Å². The standard InChI is InChI=1S/C12H21N3OS/c1-2-13-8-11-14-15-12(17-11)16-9-10-6-4-3-5-7-10/h10,13H,2-9H2,1H3. The summed E-state index contributed by atoms with van der Waals surface area (Å²) in [6.45, 7) is 4.65. The van der Waals surface area contributed by atoms with E-state index in [4.69, 9.17) is 4.74 Å². The minimum absolute atomic E-state index is 0.725. The van der Waals surface area contributed by atoms with E-state index in [2.05, 4.69) is 22.4 Å². The van der Waals surface area contributed by atoms with Crippen LogP contribution < -0.4 is 10.1 Å². The van der Waals surface area contributed by atoms with Gasteiger partial charge in [-0.1, -0.05) is 37.5 Å². The van der Waals surface area contributed by atoms with Crippen molar-refractivity contribution in [3.05, 3.63) is 5.01 Å². The number of rotatable bonds is 6. The maximum atomic E-state index is 5.72. The summed E-state index contributed by atoms with van der Waals surface area (Å²) in [6, 6.07) is 0. The van der Waals surface area contributed by atoms with Gasteiger partial charge in [0, 0.05) is 6.54 Å². The molecule has 0 unspecified atom stereocenters. The van der Waals surface area contributed by atoms with Crippen LogP contribution in [0.25, 0.3) is 0 Å². The third-order valence-corrected chi connectivity index (χ3v) is 3.98. The molecule has 1 aliphatic carbocycles. The monoisotopic (exact) mass is 255 g/mol. The van der Waals surface area contributed by atoms with Crippen LogP contribution in [0, 0.1) is 5.92 Å². The molecule has 1 fully saturated rings. The van der Waals surface area contributed by atoms with Crippen molar-refractivity contribution in [1.82, 2.24) is 15.5 Å². The minimum Gasteiger partial charge on any atom is -0.469 e. The van der Waals surface area contributed by atoms with Crippen molar-refractivity contribution in [1.29, 1.82) is 0 Å². The molecule has 0 atom stereocenters. The van der Waals surface area contributed by atoms with Crippen LogP contribution in [0.15, 0.2) is 0 Å². The summed E-state index contributed by atoms with van der Waals surface area (Å²) in [5, 5.41) is 13.1. The van der Waals surface area contributed by atoms with Crippen LogP contribution in [0.4, 0.5) is 0 Å². The minimum atomic E-state index is 0.725. The Balaban J connectivity index is 1.72. The maximum absolute atomic E-state index is 5.72. The zero-order chi connectivity index (χ0) is 11.9. The summed E-state index contributed by atoms with van der Waals surface area (Å²) >= 11 is 1.55. The lowest BCUT2D eigenvalue weighted by molar-refractivity contribution is 0.207. The Hall–Kier alpha value is -0.680. The number of ether oxygens (including phenoxy) is 1. The fourth-order valence-electron chi connectivity index (χ4n) is 2.14. The molecular weight excluding hydrogens is 234 g/mol. The molecule has 17 heavy (non-hydrogen) atoms. The molecule has 0 saturated heterocycles. The summed E-state index contributed by atoms with van der Waals surface area (Å²) in [6.07, 6.45) is 6.72. The molecule has 2 rings (SSSR count). The number of nitrogens with zero attached hydrogens (tertiary/aromatic N) is 2. The van der Waals surface area contributed by atoms with E-state index in [1.54, 1.807) is 11.3 Å². The first kappa shape index (κ1) is 12.8. The van der Waals surface area contributed by atoms with E-state index in [-0.39, 0.29) is 0 Å². The predicted molar refractivity (Wildman–Crippen MR) is 69.4 cm³/mol. The quantitative estimate of drug-likeness (QED) is 0.849. The second-order valence-electron chi connectivity index (χ2n) is 4.56. The van der Waals surface area contributed by atoms with Gasteiger partial charge in [-0.2, -0.15) is 0 Å². The van der Waals surface area contributed by atoms with Crippen molar-refractivity contribution in [2.45, 2.75) is 45.6 Å². The van der Waals surface area contributed by atoms with Gasteiger partial charge in [-0.25, -0.2) is 0 Å². The van der Waals surface area contributed by atoms with Gasteiger partial charge in [0.25, 0.3) is 5.19 Å². The van der Waals surface area contributed by atoms with Gasteiger partial charge in [0.1, 0.15) is 5.01 Å². The van der Waals surface area contributed by atoms with E-state index in [0.29, 0.717) is 0 Å². The molecule has 1 saturated carbocycles. The van der Waals surface area contributed by atoms with Crippen LogP contribution >= 0.6 is 11.3 Å². The van der Waals surface area contributed by atoms with E-state index < -0.39 is 0 Å². The molecule has 5 heteroatoms. The number of aromatic nitrogens is 2. The van der Waals surface area contributed by atoms with Crippen LogP contribution in [-0.4, -0.2) is 23.3 Å². The Morgan fingerprint density at radius 1 is 1.29 bits per heavy atom.